The Bertz CT molecular complexity index is 1190. The maximum absolute atomic E-state index is 13.1. The molecule has 1 unspecified atom stereocenters. The van der Waals surface area contributed by atoms with E-state index in [1.807, 2.05) is 29.6 Å². The number of aromatic nitrogens is 1. The van der Waals surface area contributed by atoms with E-state index in [4.69, 9.17) is 0 Å². The van der Waals surface area contributed by atoms with Gasteiger partial charge in [-0.05, 0) is 42.9 Å². The molecule has 2 amide bonds. The van der Waals surface area contributed by atoms with Gasteiger partial charge in [-0.15, -0.1) is 11.3 Å². The van der Waals surface area contributed by atoms with Crippen LogP contribution < -0.4 is 10.6 Å². The maximum Gasteiger partial charge on any atom is 0.275 e. The number of nitrogens with one attached hydrogen (secondary N) is 2. The Morgan fingerprint density at radius 2 is 1.70 bits per heavy atom. The van der Waals surface area contributed by atoms with Crippen LogP contribution in [0.2, 0.25) is 0 Å². The van der Waals surface area contributed by atoms with Gasteiger partial charge in [0.15, 0.2) is 0 Å². The summed E-state index contributed by atoms with van der Waals surface area (Å²) >= 11 is 1.51. The number of ketones is 1. The van der Waals surface area contributed by atoms with E-state index < -0.39 is 0 Å². The van der Waals surface area contributed by atoms with Crippen LogP contribution in [-0.4, -0.2) is 29.6 Å². The molecule has 0 aliphatic rings. The van der Waals surface area contributed by atoms with Crippen LogP contribution in [0.5, 0.6) is 0 Å². The summed E-state index contributed by atoms with van der Waals surface area (Å²) in [5.74, 6) is -0.00344. The molecule has 1 atom stereocenters. The second kappa shape index (κ2) is 14.4. The van der Waals surface area contributed by atoms with Crippen molar-refractivity contribution in [3.63, 3.8) is 0 Å². The fourth-order valence-corrected chi connectivity index (χ4v) is 5.29. The normalized spacial score (nSPS) is 11.6. The van der Waals surface area contributed by atoms with Crippen LogP contribution in [-0.2, 0) is 16.0 Å². The highest BCUT2D eigenvalue weighted by molar-refractivity contribution is 7.10. The van der Waals surface area contributed by atoms with Crippen LogP contribution in [0.25, 0.3) is 11.1 Å². The highest BCUT2D eigenvalue weighted by Gasteiger charge is 2.19. The number of amides is 2. The minimum Gasteiger partial charge on any atom is -0.359 e. The first-order valence-electron chi connectivity index (χ1n) is 13.1. The number of benzene rings is 2. The zero-order chi connectivity index (χ0) is 26.6. The minimum atomic E-state index is -0.222. The van der Waals surface area contributed by atoms with Crippen LogP contribution in [0.4, 0.5) is 5.69 Å². The molecule has 7 heteroatoms. The molecule has 0 saturated heterocycles. The summed E-state index contributed by atoms with van der Waals surface area (Å²) in [7, 11) is 1.58. The summed E-state index contributed by atoms with van der Waals surface area (Å²) in [5.41, 5.74) is 4.47. The van der Waals surface area contributed by atoms with Gasteiger partial charge in [0.25, 0.3) is 5.91 Å². The van der Waals surface area contributed by atoms with E-state index >= 15 is 0 Å². The van der Waals surface area contributed by atoms with Crippen LogP contribution in [0, 0.1) is 0 Å². The van der Waals surface area contributed by atoms with Crippen LogP contribution in [0.3, 0.4) is 0 Å². The molecule has 196 valence electrons. The Morgan fingerprint density at radius 1 is 0.946 bits per heavy atom. The highest BCUT2D eigenvalue weighted by Crippen LogP contribution is 2.31. The molecule has 0 radical (unpaired) electrons. The van der Waals surface area contributed by atoms with E-state index in [1.165, 1.54) is 16.9 Å². The number of aryl methyl sites for hydroxylation is 1. The van der Waals surface area contributed by atoms with Gasteiger partial charge >= 0.3 is 0 Å². The first-order valence-corrected chi connectivity index (χ1v) is 14.0. The average Bonchev–Trinajstić information content (AvgIpc) is 3.42. The molecular weight excluding hydrogens is 482 g/mol. The minimum absolute atomic E-state index is 0.108. The molecule has 0 fully saturated rings. The molecule has 3 aromatic rings. The summed E-state index contributed by atoms with van der Waals surface area (Å²) in [6, 6.07) is 16.2. The van der Waals surface area contributed by atoms with Crippen molar-refractivity contribution in [1.29, 1.82) is 0 Å². The predicted molar refractivity (Wildman–Crippen MR) is 151 cm³/mol. The van der Waals surface area contributed by atoms with Gasteiger partial charge in [-0.3, -0.25) is 14.4 Å². The number of carbonyl (C=O) groups is 3. The molecular formula is C30H37N3O3S. The van der Waals surface area contributed by atoms with E-state index in [-0.39, 0.29) is 36.4 Å². The van der Waals surface area contributed by atoms with Gasteiger partial charge < -0.3 is 10.6 Å². The Morgan fingerprint density at radius 3 is 2.41 bits per heavy atom. The zero-order valence-corrected chi connectivity index (χ0v) is 22.8. The van der Waals surface area contributed by atoms with E-state index in [2.05, 4.69) is 53.7 Å². The number of Topliss-reactive ketones (excluding diaryl/α,β-unsaturated/α-hetero) is 1. The first-order chi connectivity index (χ1) is 17.9. The van der Waals surface area contributed by atoms with Crippen molar-refractivity contribution in [1.82, 2.24) is 10.3 Å². The SMILES string of the molecule is CCCC(CCCC(=O)CCC(=O)NC)c1nc(C(=O)Nc2ccccc2-c2ccc(CC)cc2)cs1. The lowest BCUT2D eigenvalue weighted by molar-refractivity contribution is -0.125. The monoisotopic (exact) mass is 519 g/mol. The number of hydrogen-bond acceptors (Lipinski definition) is 5. The molecule has 0 aliphatic heterocycles. The van der Waals surface area contributed by atoms with Gasteiger partial charge in [-0.2, -0.15) is 0 Å². The van der Waals surface area contributed by atoms with Crippen molar-refractivity contribution >= 4 is 34.6 Å². The third kappa shape index (κ3) is 8.35. The molecule has 6 nitrogen and oxygen atoms in total. The molecule has 0 saturated carbocycles. The lowest BCUT2D eigenvalue weighted by Gasteiger charge is -2.13. The largest absolute Gasteiger partial charge is 0.359 e. The predicted octanol–water partition coefficient (Wildman–Crippen LogP) is 6.77. The quantitative estimate of drug-likeness (QED) is 0.246. The van der Waals surface area contributed by atoms with E-state index in [0.29, 0.717) is 12.1 Å². The highest BCUT2D eigenvalue weighted by atomic mass is 32.1. The smallest absolute Gasteiger partial charge is 0.275 e. The van der Waals surface area contributed by atoms with Gasteiger partial charge in [0, 0.05) is 48.9 Å². The Balaban J connectivity index is 1.63. The second-order valence-corrected chi connectivity index (χ2v) is 10.1. The molecule has 37 heavy (non-hydrogen) atoms. The number of anilines is 1. The number of carbonyl (C=O) groups excluding carboxylic acids is 3. The number of para-hydroxylation sites is 1. The Kier molecular flexibility index (Phi) is 11.0. The van der Waals surface area contributed by atoms with Crippen LogP contribution >= 0.6 is 11.3 Å². The summed E-state index contributed by atoms with van der Waals surface area (Å²) in [5, 5.41) is 8.35. The molecule has 0 spiro atoms. The summed E-state index contributed by atoms with van der Waals surface area (Å²) in [6.45, 7) is 4.26. The third-order valence-electron chi connectivity index (χ3n) is 6.51. The average molecular weight is 520 g/mol. The van der Waals surface area contributed by atoms with Gasteiger partial charge in [-0.25, -0.2) is 4.98 Å². The lowest BCUT2D eigenvalue weighted by Crippen LogP contribution is -2.18. The fourth-order valence-electron chi connectivity index (χ4n) is 4.32. The topological polar surface area (TPSA) is 88.2 Å². The number of hydrogen-bond donors (Lipinski definition) is 2. The number of thiazole rings is 1. The summed E-state index contributed by atoms with van der Waals surface area (Å²) < 4.78 is 0. The van der Waals surface area contributed by atoms with Gasteiger partial charge in [-0.1, -0.05) is 62.7 Å². The molecule has 0 aliphatic carbocycles. The molecule has 3 rings (SSSR count). The van der Waals surface area contributed by atoms with Crippen molar-refractivity contribution in [2.75, 3.05) is 12.4 Å². The zero-order valence-electron chi connectivity index (χ0n) is 22.0. The Labute approximate surface area is 223 Å². The van der Waals surface area contributed by atoms with Crippen molar-refractivity contribution < 1.29 is 14.4 Å². The van der Waals surface area contributed by atoms with Crippen molar-refractivity contribution in [2.45, 2.75) is 71.1 Å². The number of rotatable bonds is 14. The standard InChI is InChI=1S/C30H37N3O3S/c1-4-9-23(10-8-11-24(34)18-19-28(35)31-3)30-33-27(20-37-30)29(36)32-26-13-7-6-12-25(26)22-16-14-21(5-2)15-17-22/h6-7,12-17,20,23H,4-5,8-11,18-19H2,1-3H3,(H,31,35)(H,32,36). The van der Waals surface area contributed by atoms with Crippen molar-refractivity contribution in [2.24, 2.45) is 0 Å². The van der Waals surface area contributed by atoms with E-state index in [1.54, 1.807) is 7.05 Å². The maximum atomic E-state index is 13.1. The van der Waals surface area contributed by atoms with Gasteiger partial charge in [0.1, 0.15) is 11.5 Å². The van der Waals surface area contributed by atoms with E-state index in [9.17, 15) is 14.4 Å². The molecule has 1 heterocycles. The fraction of sp³-hybridized carbons (Fsp3) is 0.400. The molecule has 2 aromatic carbocycles. The number of nitrogens with zero attached hydrogens (tertiary/aromatic N) is 1. The van der Waals surface area contributed by atoms with Crippen LogP contribution in [0.1, 0.15) is 85.8 Å². The first kappa shape index (κ1) is 28.3. The molecule has 0 bridgehead atoms. The van der Waals surface area contributed by atoms with Gasteiger partial charge in [0.2, 0.25) is 5.91 Å². The summed E-state index contributed by atoms with van der Waals surface area (Å²) in [4.78, 5) is 41.3. The summed E-state index contributed by atoms with van der Waals surface area (Å²) in [6.07, 6.45) is 5.52. The molecule has 1 aromatic heterocycles. The van der Waals surface area contributed by atoms with Crippen molar-refractivity contribution in [3.8, 4) is 11.1 Å². The van der Waals surface area contributed by atoms with Crippen LogP contribution in [0.15, 0.2) is 53.9 Å². The molecule has 2 N–H and O–H groups in total. The lowest BCUT2D eigenvalue weighted by atomic mass is 9.96. The Hall–Kier alpha value is -3.32. The second-order valence-electron chi connectivity index (χ2n) is 9.21. The third-order valence-corrected chi connectivity index (χ3v) is 7.51. The van der Waals surface area contributed by atoms with Crippen molar-refractivity contribution in [3.05, 3.63) is 70.2 Å². The van der Waals surface area contributed by atoms with Gasteiger partial charge in [0.05, 0.1) is 5.01 Å². The van der Waals surface area contributed by atoms with E-state index in [0.717, 1.165) is 53.9 Å².